The van der Waals surface area contributed by atoms with Crippen LogP contribution in [0.1, 0.15) is 37.7 Å². The van der Waals surface area contributed by atoms with Crippen LogP contribution in [0.4, 0.5) is 5.69 Å². The molecule has 2 heterocycles. The number of esters is 1. The van der Waals surface area contributed by atoms with Crippen LogP contribution in [0.25, 0.3) is 0 Å². The highest BCUT2D eigenvalue weighted by molar-refractivity contribution is 6.04. The van der Waals surface area contributed by atoms with E-state index < -0.39 is 11.9 Å². The van der Waals surface area contributed by atoms with Crippen molar-refractivity contribution < 1.29 is 19.1 Å². The van der Waals surface area contributed by atoms with E-state index in [1.807, 2.05) is 25.1 Å². The van der Waals surface area contributed by atoms with Gasteiger partial charge in [0, 0.05) is 42.2 Å². The second-order valence-corrected chi connectivity index (χ2v) is 7.42. The maximum Gasteiger partial charge on any atom is 0.336 e. The van der Waals surface area contributed by atoms with Crippen molar-refractivity contribution in [2.45, 2.75) is 32.1 Å². The molecule has 2 aliphatic heterocycles. The fourth-order valence-electron chi connectivity index (χ4n) is 4.50. The topological polar surface area (TPSA) is 67.9 Å². The van der Waals surface area contributed by atoms with E-state index in [-0.39, 0.29) is 5.78 Å². The van der Waals surface area contributed by atoms with Crippen LogP contribution in [0, 0.1) is 0 Å². The van der Waals surface area contributed by atoms with Crippen LogP contribution in [-0.2, 0) is 19.1 Å². The van der Waals surface area contributed by atoms with E-state index in [1.165, 1.54) is 7.11 Å². The molecule has 1 aromatic rings. The van der Waals surface area contributed by atoms with Crippen LogP contribution in [0.15, 0.2) is 46.8 Å². The third-order valence-corrected chi connectivity index (χ3v) is 5.78. The zero-order valence-electron chi connectivity index (χ0n) is 16.4. The predicted molar refractivity (Wildman–Crippen MR) is 106 cm³/mol. The minimum absolute atomic E-state index is 0.115. The van der Waals surface area contributed by atoms with E-state index in [9.17, 15) is 9.59 Å². The Kier molecular flexibility index (Phi) is 5.22. The molecule has 1 saturated heterocycles. The summed E-state index contributed by atoms with van der Waals surface area (Å²) >= 11 is 0. The van der Waals surface area contributed by atoms with Crippen LogP contribution in [-0.4, -0.2) is 45.2 Å². The summed E-state index contributed by atoms with van der Waals surface area (Å²) in [6, 6.07) is 8.07. The van der Waals surface area contributed by atoms with E-state index >= 15 is 0 Å². The van der Waals surface area contributed by atoms with Crippen LogP contribution in [0.3, 0.4) is 0 Å². The number of nitrogens with one attached hydrogen (secondary N) is 1. The van der Waals surface area contributed by atoms with Crippen molar-refractivity contribution >= 4 is 17.4 Å². The molecule has 6 nitrogen and oxygen atoms in total. The molecular weight excluding hydrogens is 356 g/mol. The lowest BCUT2D eigenvalue weighted by atomic mass is 9.74. The van der Waals surface area contributed by atoms with Gasteiger partial charge in [0.1, 0.15) is 0 Å². The van der Waals surface area contributed by atoms with Crippen LogP contribution >= 0.6 is 0 Å². The van der Waals surface area contributed by atoms with Crippen molar-refractivity contribution in [3.63, 3.8) is 0 Å². The molecule has 0 unspecified atom stereocenters. The van der Waals surface area contributed by atoms with E-state index in [2.05, 4.69) is 16.3 Å². The number of carbonyl (C=O) groups is 2. The number of benzene rings is 1. The van der Waals surface area contributed by atoms with E-state index in [0.29, 0.717) is 25.2 Å². The number of hydrogen-bond acceptors (Lipinski definition) is 6. The third kappa shape index (κ3) is 3.22. The van der Waals surface area contributed by atoms with Crippen LogP contribution in [0.2, 0.25) is 0 Å². The van der Waals surface area contributed by atoms with Crippen molar-refractivity contribution in [3.05, 3.63) is 52.4 Å². The van der Waals surface area contributed by atoms with Crippen molar-refractivity contribution in [1.29, 1.82) is 0 Å². The molecule has 1 aliphatic carbocycles. The summed E-state index contributed by atoms with van der Waals surface area (Å²) in [6.45, 7) is 4.81. The first kappa shape index (κ1) is 18.7. The van der Waals surface area contributed by atoms with Gasteiger partial charge in [-0.2, -0.15) is 0 Å². The number of ether oxygens (including phenoxy) is 2. The molecule has 148 valence electrons. The number of nitrogens with zero attached hydrogens (tertiary/aromatic N) is 1. The molecule has 0 amide bonds. The van der Waals surface area contributed by atoms with Crippen molar-refractivity contribution in [1.82, 2.24) is 5.32 Å². The second kappa shape index (κ2) is 7.80. The molecule has 1 N–H and O–H groups in total. The maximum atomic E-state index is 13.0. The number of anilines is 1. The smallest absolute Gasteiger partial charge is 0.336 e. The van der Waals surface area contributed by atoms with Gasteiger partial charge in [0.15, 0.2) is 5.78 Å². The summed E-state index contributed by atoms with van der Waals surface area (Å²) in [7, 11) is 1.39. The number of Topliss-reactive ketones (excluding diaryl/α,β-unsaturated/α-hetero) is 1. The second-order valence-electron chi connectivity index (χ2n) is 7.42. The van der Waals surface area contributed by atoms with Crippen LogP contribution < -0.4 is 10.2 Å². The SMILES string of the molecule is COC(=O)C1=C(C)NC2=C(C(=O)CCC2)[C@@H]1c1ccccc1N1CCOCC1. The van der Waals surface area contributed by atoms with Gasteiger partial charge < -0.3 is 19.7 Å². The minimum atomic E-state index is -0.407. The zero-order chi connectivity index (χ0) is 19.7. The van der Waals surface area contributed by atoms with E-state index in [4.69, 9.17) is 9.47 Å². The number of dihydropyridines is 1. The highest BCUT2D eigenvalue weighted by Crippen LogP contribution is 2.45. The molecule has 3 aliphatic rings. The van der Waals surface area contributed by atoms with Gasteiger partial charge in [-0.1, -0.05) is 18.2 Å². The summed E-state index contributed by atoms with van der Waals surface area (Å²) in [6.07, 6.45) is 2.18. The maximum absolute atomic E-state index is 13.0. The Balaban J connectivity index is 1.88. The average Bonchev–Trinajstić information content (AvgIpc) is 2.73. The predicted octanol–water partition coefficient (Wildman–Crippen LogP) is 2.66. The Morgan fingerprint density at radius 1 is 1.21 bits per heavy atom. The number of hydrogen-bond donors (Lipinski definition) is 1. The van der Waals surface area contributed by atoms with Crippen molar-refractivity contribution in [2.75, 3.05) is 38.3 Å². The monoisotopic (exact) mass is 382 g/mol. The fraction of sp³-hybridized carbons (Fsp3) is 0.455. The highest BCUT2D eigenvalue weighted by Gasteiger charge is 2.40. The molecule has 4 rings (SSSR count). The van der Waals surface area contributed by atoms with Gasteiger partial charge in [0.2, 0.25) is 0 Å². The number of carbonyl (C=O) groups excluding carboxylic acids is 2. The van der Waals surface area contributed by atoms with Gasteiger partial charge in [-0.05, 0) is 31.4 Å². The molecular formula is C22H26N2O4. The Bertz CT molecular complexity index is 865. The lowest BCUT2D eigenvalue weighted by molar-refractivity contribution is -0.136. The molecule has 1 atom stereocenters. The Labute approximate surface area is 165 Å². The molecule has 0 aromatic heterocycles. The molecule has 1 fully saturated rings. The Morgan fingerprint density at radius 2 is 1.96 bits per heavy atom. The fourth-order valence-corrected chi connectivity index (χ4v) is 4.50. The van der Waals surface area contributed by atoms with E-state index in [0.717, 1.165) is 54.1 Å². The number of methoxy groups -OCH3 is 1. The summed E-state index contributed by atoms with van der Waals surface area (Å²) in [5.74, 6) is -0.684. The molecule has 1 aromatic carbocycles. The molecule has 0 saturated carbocycles. The summed E-state index contributed by atoms with van der Waals surface area (Å²) < 4.78 is 10.6. The van der Waals surface area contributed by atoms with Gasteiger partial charge in [-0.15, -0.1) is 0 Å². The third-order valence-electron chi connectivity index (χ3n) is 5.78. The summed E-state index contributed by atoms with van der Waals surface area (Å²) in [5.41, 5.74) is 4.99. The van der Waals surface area contributed by atoms with E-state index in [1.54, 1.807) is 0 Å². The van der Waals surface area contributed by atoms with Gasteiger partial charge >= 0.3 is 5.97 Å². The molecule has 0 spiro atoms. The molecule has 6 heteroatoms. The zero-order valence-corrected chi connectivity index (χ0v) is 16.4. The van der Waals surface area contributed by atoms with Crippen molar-refractivity contribution in [3.8, 4) is 0 Å². The van der Waals surface area contributed by atoms with Gasteiger partial charge in [-0.25, -0.2) is 4.79 Å². The molecule has 0 bridgehead atoms. The normalized spacial score (nSPS) is 22.7. The first-order valence-electron chi connectivity index (χ1n) is 9.85. The first-order valence-corrected chi connectivity index (χ1v) is 9.85. The lowest BCUT2D eigenvalue weighted by Crippen LogP contribution is -2.38. The number of para-hydroxylation sites is 1. The first-order chi connectivity index (χ1) is 13.6. The molecule has 0 radical (unpaired) electrons. The van der Waals surface area contributed by atoms with Gasteiger partial charge in [-0.3, -0.25) is 4.79 Å². The molecule has 28 heavy (non-hydrogen) atoms. The average molecular weight is 382 g/mol. The quantitative estimate of drug-likeness (QED) is 0.811. The lowest BCUT2D eigenvalue weighted by Gasteiger charge is -2.37. The largest absolute Gasteiger partial charge is 0.466 e. The summed E-state index contributed by atoms with van der Waals surface area (Å²) in [5, 5.41) is 3.32. The van der Waals surface area contributed by atoms with Crippen LogP contribution in [0.5, 0.6) is 0 Å². The number of morpholine rings is 1. The summed E-state index contributed by atoms with van der Waals surface area (Å²) in [4.78, 5) is 28.0. The Morgan fingerprint density at radius 3 is 2.71 bits per heavy atom. The highest BCUT2D eigenvalue weighted by atomic mass is 16.5. The number of allylic oxidation sites excluding steroid dienone is 3. The van der Waals surface area contributed by atoms with Gasteiger partial charge in [0.25, 0.3) is 0 Å². The number of ketones is 1. The number of rotatable bonds is 3. The van der Waals surface area contributed by atoms with Gasteiger partial charge in [0.05, 0.1) is 31.8 Å². The minimum Gasteiger partial charge on any atom is -0.466 e. The van der Waals surface area contributed by atoms with Crippen molar-refractivity contribution in [2.24, 2.45) is 0 Å². The standard InChI is InChI=1S/C22H26N2O4/c1-14-19(22(26)27-2)20(21-16(23-14)7-5-9-18(21)25)15-6-3-4-8-17(15)24-10-12-28-13-11-24/h3-4,6,8,20,23H,5,7,9-13H2,1-2H3/t20-/m1/s1. The Hall–Kier alpha value is -2.60.